The monoisotopic (exact) mass is 415 g/mol. The molecule has 26 heavy (non-hydrogen) atoms. The van der Waals surface area contributed by atoms with Gasteiger partial charge >= 0.3 is 15.5 Å². The predicted octanol–water partition coefficient (Wildman–Crippen LogP) is 0.948. The number of halogens is 3. The lowest BCUT2D eigenvalue weighted by Crippen LogP contribution is -2.42. The molecule has 1 aromatic carbocycles. The molecule has 3 rings (SSSR count). The van der Waals surface area contributed by atoms with E-state index in [2.05, 4.69) is 0 Å². The third kappa shape index (κ3) is 4.67. The minimum Gasteiger partial charge on any atom is -0.491 e. The second-order valence-electron chi connectivity index (χ2n) is 6.29. The maximum atomic E-state index is 12.3. The van der Waals surface area contributed by atoms with Gasteiger partial charge in [0.2, 0.25) is 10.0 Å². The lowest BCUT2D eigenvalue weighted by molar-refractivity contribution is -0.0441. The van der Waals surface area contributed by atoms with Crippen molar-refractivity contribution < 1.29 is 39.5 Å². The van der Waals surface area contributed by atoms with E-state index in [1.165, 1.54) is 0 Å². The molecule has 1 aliphatic carbocycles. The number of ether oxygens (including phenoxy) is 2. The molecule has 0 amide bonds. The van der Waals surface area contributed by atoms with Gasteiger partial charge in [-0.15, -0.1) is 4.13 Å². The molecule has 1 saturated heterocycles. The average molecular weight is 415 g/mol. The summed E-state index contributed by atoms with van der Waals surface area (Å²) in [6, 6.07) is 5.25. The van der Waals surface area contributed by atoms with E-state index in [-0.39, 0.29) is 6.10 Å². The molecule has 146 valence electrons. The Balaban J connectivity index is 1.62. The van der Waals surface area contributed by atoms with E-state index in [1.807, 2.05) is 0 Å². The summed E-state index contributed by atoms with van der Waals surface area (Å²) in [7, 11) is -10.6. The van der Waals surface area contributed by atoms with Crippen LogP contribution < -0.4 is 8.86 Å². The first-order valence-corrected chi connectivity index (χ1v) is 10.8. The number of nitrogens with one attached hydrogen (secondary N) is 1. The molecular weight excluding hydrogens is 399 g/mol. The Morgan fingerprint density at radius 3 is 2.42 bits per heavy atom. The number of rotatable bonds is 7. The topological polar surface area (TPSA) is 102 Å². The van der Waals surface area contributed by atoms with Crippen molar-refractivity contribution in [1.29, 1.82) is 0 Å². The fourth-order valence-corrected chi connectivity index (χ4v) is 5.65. The van der Waals surface area contributed by atoms with Gasteiger partial charge in [0, 0.05) is 0 Å². The zero-order valence-electron chi connectivity index (χ0n) is 13.3. The maximum Gasteiger partial charge on any atom is 0.512 e. The maximum absolute atomic E-state index is 12.3. The number of fused-ring (bicyclic) bond motifs is 1. The quantitative estimate of drug-likeness (QED) is 0.666. The molecular formula is C14H16F3NO6S2. The van der Waals surface area contributed by atoms with Crippen molar-refractivity contribution >= 4 is 20.0 Å². The predicted molar refractivity (Wildman–Crippen MR) is 84.5 cm³/mol. The normalized spacial score (nSPS) is 22.9. The van der Waals surface area contributed by atoms with Crippen LogP contribution in [0.3, 0.4) is 0 Å². The number of hydrogen-bond acceptors (Lipinski definition) is 6. The second kappa shape index (κ2) is 6.66. The summed E-state index contributed by atoms with van der Waals surface area (Å²) < 4.78 is 94.0. The van der Waals surface area contributed by atoms with E-state index < -0.39 is 37.2 Å². The summed E-state index contributed by atoms with van der Waals surface area (Å²) in [5, 5.41) is 0. The molecule has 1 heterocycles. The van der Waals surface area contributed by atoms with Crippen LogP contribution in [0.2, 0.25) is 0 Å². The van der Waals surface area contributed by atoms with Crippen molar-refractivity contribution in [3.63, 3.8) is 0 Å². The van der Waals surface area contributed by atoms with Gasteiger partial charge in [-0.1, -0.05) is 6.07 Å². The van der Waals surface area contributed by atoms with Crippen LogP contribution in [0, 0.1) is 5.92 Å². The standard InChI is InChI=1S/C14H16F3NO6S2/c15-14(16,17)26(21,22)18-25(19,20)8-9-3-10-1-2-12(5-11(10)4-9)23-6-13-7-24-13/h1-2,5,9,13,18H,3-4,6-8H2. The fourth-order valence-electron chi connectivity index (χ4n) is 2.81. The third-order valence-corrected chi connectivity index (χ3v) is 7.44. The Hall–Kier alpha value is -1.37. The van der Waals surface area contributed by atoms with Crippen molar-refractivity contribution in [1.82, 2.24) is 4.13 Å². The van der Waals surface area contributed by atoms with Crippen LogP contribution in [-0.4, -0.2) is 47.4 Å². The van der Waals surface area contributed by atoms with Crippen LogP contribution in [0.25, 0.3) is 0 Å². The fraction of sp³-hybridized carbons (Fsp3) is 0.571. The third-order valence-electron chi connectivity index (χ3n) is 4.03. The molecule has 1 aromatic rings. The number of sulfonamides is 2. The van der Waals surface area contributed by atoms with Crippen molar-refractivity contribution in [2.75, 3.05) is 19.0 Å². The largest absolute Gasteiger partial charge is 0.512 e. The molecule has 2 unspecified atom stereocenters. The van der Waals surface area contributed by atoms with Gasteiger partial charge in [0.1, 0.15) is 18.5 Å². The first kappa shape index (κ1) is 19.4. The van der Waals surface area contributed by atoms with E-state index in [0.29, 0.717) is 31.8 Å². The molecule has 0 aromatic heterocycles. The summed E-state index contributed by atoms with van der Waals surface area (Å²) in [5.41, 5.74) is -3.99. The average Bonchev–Trinajstić information content (AvgIpc) is 3.21. The van der Waals surface area contributed by atoms with E-state index in [1.54, 1.807) is 18.2 Å². The zero-order valence-corrected chi connectivity index (χ0v) is 15.0. The Bertz CT molecular complexity index is 894. The summed E-state index contributed by atoms with van der Waals surface area (Å²) in [6.45, 7) is 1.06. The summed E-state index contributed by atoms with van der Waals surface area (Å²) in [4.78, 5) is 0. The molecule has 1 fully saturated rings. The van der Waals surface area contributed by atoms with Crippen molar-refractivity contribution in [2.45, 2.75) is 24.5 Å². The Kier molecular flexibility index (Phi) is 4.97. The first-order valence-electron chi connectivity index (χ1n) is 7.64. The molecule has 7 nitrogen and oxygen atoms in total. The van der Waals surface area contributed by atoms with Crippen LogP contribution >= 0.6 is 0 Å². The number of alkyl halides is 3. The summed E-state index contributed by atoms with van der Waals surface area (Å²) in [5.74, 6) is -0.642. The Morgan fingerprint density at radius 1 is 1.15 bits per heavy atom. The Morgan fingerprint density at radius 2 is 1.81 bits per heavy atom. The lowest BCUT2D eigenvalue weighted by Gasteiger charge is -2.13. The molecule has 12 heteroatoms. The SMILES string of the molecule is O=S(=O)(CC1Cc2ccc(OCC3CO3)cc2C1)NS(=O)(=O)C(F)(F)F. The highest BCUT2D eigenvalue weighted by Crippen LogP contribution is 2.31. The molecule has 0 spiro atoms. The van der Waals surface area contributed by atoms with Crippen LogP contribution in [-0.2, 0) is 37.6 Å². The van der Waals surface area contributed by atoms with Gasteiger partial charge < -0.3 is 9.47 Å². The Labute approximate surface area is 148 Å². The van der Waals surface area contributed by atoms with E-state index in [0.717, 1.165) is 15.3 Å². The van der Waals surface area contributed by atoms with Crippen LogP contribution in [0.1, 0.15) is 11.1 Å². The van der Waals surface area contributed by atoms with Crippen LogP contribution in [0.4, 0.5) is 13.2 Å². The molecule has 0 bridgehead atoms. The lowest BCUT2D eigenvalue weighted by atomic mass is 10.1. The highest BCUT2D eigenvalue weighted by Gasteiger charge is 2.48. The van der Waals surface area contributed by atoms with Gasteiger partial charge in [-0.2, -0.15) is 13.2 Å². The minimum atomic E-state index is -5.95. The minimum absolute atomic E-state index is 0.0859. The molecule has 2 aliphatic rings. The highest BCUT2D eigenvalue weighted by molar-refractivity contribution is 8.05. The zero-order chi connectivity index (χ0) is 19.2. The van der Waals surface area contributed by atoms with E-state index in [9.17, 15) is 30.0 Å². The van der Waals surface area contributed by atoms with Gasteiger partial charge in [0.15, 0.2) is 0 Å². The smallest absolute Gasteiger partial charge is 0.491 e. The summed E-state index contributed by atoms with van der Waals surface area (Å²) >= 11 is 0. The van der Waals surface area contributed by atoms with Crippen LogP contribution in [0.5, 0.6) is 5.75 Å². The van der Waals surface area contributed by atoms with Gasteiger partial charge in [-0.25, -0.2) is 16.8 Å². The van der Waals surface area contributed by atoms with E-state index in [4.69, 9.17) is 9.47 Å². The van der Waals surface area contributed by atoms with E-state index >= 15 is 0 Å². The number of benzene rings is 1. The number of epoxide rings is 1. The van der Waals surface area contributed by atoms with Gasteiger partial charge in [0.25, 0.3) is 0 Å². The number of hydrogen-bond donors (Lipinski definition) is 1. The second-order valence-corrected chi connectivity index (χ2v) is 9.98. The summed E-state index contributed by atoms with van der Waals surface area (Å²) in [6.07, 6.45) is 0.719. The van der Waals surface area contributed by atoms with Crippen molar-refractivity contribution in [2.24, 2.45) is 5.92 Å². The molecule has 1 N–H and O–H groups in total. The molecule has 0 radical (unpaired) electrons. The van der Waals surface area contributed by atoms with Gasteiger partial charge in [0.05, 0.1) is 12.4 Å². The van der Waals surface area contributed by atoms with Crippen LogP contribution in [0.15, 0.2) is 18.2 Å². The first-order chi connectivity index (χ1) is 12.0. The molecule has 1 aliphatic heterocycles. The van der Waals surface area contributed by atoms with Gasteiger partial charge in [-0.05, 0) is 42.0 Å². The molecule has 0 saturated carbocycles. The van der Waals surface area contributed by atoms with Gasteiger partial charge in [-0.3, -0.25) is 0 Å². The highest BCUT2D eigenvalue weighted by atomic mass is 32.3. The molecule has 2 atom stereocenters. The van der Waals surface area contributed by atoms with Crippen molar-refractivity contribution in [3.8, 4) is 5.75 Å². The van der Waals surface area contributed by atoms with Crippen molar-refractivity contribution in [3.05, 3.63) is 29.3 Å².